The number of benzene rings is 1. The number of rotatable bonds is 7. The summed E-state index contributed by atoms with van der Waals surface area (Å²) in [6.45, 7) is 6.43. The molecule has 2 heterocycles. The first-order valence-corrected chi connectivity index (χ1v) is 11.6. The van der Waals surface area contributed by atoms with Gasteiger partial charge in [0.25, 0.3) is 0 Å². The number of furan rings is 1. The van der Waals surface area contributed by atoms with Gasteiger partial charge in [-0.3, -0.25) is 19.3 Å². The molecule has 170 valence electrons. The van der Waals surface area contributed by atoms with Crippen LogP contribution in [-0.2, 0) is 27.3 Å². The van der Waals surface area contributed by atoms with Gasteiger partial charge in [-0.15, -0.1) is 0 Å². The van der Waals surface area contributed by atoms with Crippen LogP contribution in [0.2, 0.25) is 0 Å². The van der Waals surface area contributed by atoms with E-state index >= 15 is 0 Å². The Hall–Kier alpha value is -2.89. The van der Waals surface area contributed by atoms with Crippen LogP contribution in [0.5, 0.6) is 0 Å². The minimum atomic E-state index is -0.770. The number of imide groups is 1. The average molecular weight is 437 g/mol. The third-order valence-electron chi connectivity index (χ3n) is 6.71. The Morgan fingerprint density at radius 2 is 1.75 bits per heavy atom. The monoisotopic (exact) mass is 436 g/mol. The first-order valence-electron chi connectivity index (χ1n) is 11.6. The number of fused-ring (bicyclic) bond motifs is 2. The van der Waals surface area contributed by atoms with Crippen molar-refractivity contribution in [1.29, 1.82) is 0 Å². The number of hydrogen-bond acceptors (Lipinski definition) is 4. The minimum absolute atomic E-state index is 0.166. The van der Waals surface area contributed by atoms with Crippen LogP contribution in [0.4, 0.5) is 0 Å². The molecule has 0 bridgehead atoms. The third-order valence-corrected chi connectivity index (χ3v) is 6.71. The van der Waals surface area contributed by atoms with E-state index in [0.29, 0.717) is 25.8 Å². The smallest absolute Gasteiger partial charge is 0.245 e. The Bertz CT molecular complexity index is 1040. The Morgan fingerprint density at radius 3 is 2.34 bits per heavy atom. The number of likely N-dealkylation sites (N-methyl/N-ethyl adjacent to an activating group) is 1. The van der Waals surface area contributed by atoms with Crippen molar-refractivity contribution in [2.24, 2.45) is 17.8 Å². The number of para-hydroxylation sites is 1. The van der Waals surface area contributed by atoms with Gasteiger partial charge >= 0.3 is 0 Å². The first kappa shape index (κ1) is 22.3. The fourth-order valence-corrected chi connectivity index (χ4v) is 5.07. The van der Waals surface area contributed by atoms with Crippen LogP contribution in [0.15, 0.2) is 40.8 Å². The summed E-state index contributed by atoms with van der Waals surface area (Å²) in [7, 11) is 1.75. The van der Waals surface area contributed by atoms with E-state index in [1.54, 1.807) is 11.9 Å². The molecule has 0 N–H and O–H groups in total. The molecule has 0 radical (unpaired) electrons. The fourth-order valence-electron chi connectivity index (χ4n) is 5.07. The van der Waals surface area contributed by atoms with Crippen molar-refractivity contribution >= 4 is 28.7 Å². The highest BCUT2D eigenvalue weighted by Gasteiger charge is 2.51. The van der Waals surface area contributed by atoms with Crippen LogP contribution in [0.1, 0.15) is 51.4 Å². The van der Waals surface area contributed by atoms with Crippen molar-refractivity contribution in [1.82, 2.24) is 9.80 Å². The van der Waals surface area contributed by atoms with Gasteiger partial charge in [0.05, 0.1) is 11.8 Å². The molecule has 1 saturated heterocycles. The molecule has 1 aliphatic heterocycles. The lowest BCUT2D eigenvalue weighted by atomic mass is 9.85. The first-order chi connectivity index (χ1) is 15.3. The van der Waals surface area contributed by atoms with Gasteiger partial charge in [-0.2, -0.15) is 0 Å². The van der Waals surface area contributed by atoms with Crippen molar-refractivity contribution in [2.75, 3.05) is 7.05 Å². The highest BCUT2D eigenvalue weighted by atomic mass is 16.3. The Labute approximate surface area is 189 Å². The second-order valence-corrected chi connectivity index (χ2v) is 9.40. The molecule has 6 heteroatoms. The molecule has 0 saturated carbocycles. The standard InChI is InChI=1S/C26H32N2O4/c1-5-22-20(17-10-8-9-13-23(17)32-22)15-27(4)26(31)21(14-16(2)3)28-24(29)18-11-6-7-12-19(18)25(28)30/h6-10,13,16,18-19,21H,5,11-12,14-15H2,1-4H3. The summed E-state index contributed by atoms with van der Waals surface area (Å²) in [5.74, 6) is -0.218. The number of carbonyl (C=O) groups excluding carboxylic acids is 3. The van der Waals surface area contributed by atoms with Gasteiger partial charge in [0, 0.05) is 31.0 Å². The Kier molecular flexibility index (Phi) is 6.22. The molecule has 3 unspecified atom stereocenters. The van der Waals surface area contributed by atoms with E-state index in [9.17, 15) is 14.4 Å². The van der Waals surface area contributed by atoms with Crippen LogP contribution >= 0.6 is 0 Å². The zero-order chi connectivity index (χ0) is 23.0. The fraction of sp³-hybridized carbons (Fsp3) is 0.500. The van der Waals surface area contributed by atoms with Crippen LogP contribution in [0.3, 0.4) is 0 Å². The maximum absolute atomic E-state index is 13.7. The van der Waals surface area contributed by atoms with Gasteiger partial charge in [0.15, 0.2) is 0 Å². The van der Waals surface area contributed by atoms with E-state index in [-0.39, 0.29) is 35.5 Å². The highest BCUT2D eigenvalue weighted by molar-refractivity contribution is 6.08. The van der Waals surface area contributed by atoms with Crippen molar-refractivity contribution < 1.29 is 18.8 Å². The van der Waals surface area contributed by atoms with E-state index in [0.717, 1.165) is 28.7 Å². The van der Waals surface area contributed by atoms with E-state index in [1.807, 2.05) is 57.2 Å². The summed E-state index contributed by atoms with van der Waals surface area (Å²) in [5, 5.41) is 0.995. The van der Waals surface area contributed by atoms with Gasteiger partial charge in [-0.1, -0.05) is 51.1 Å². The molecule has 6 nitrogen and oxygen atoms in total. The number of nitrogens with zero attached hydrogens (tertiary/aromatic N) is 2. The minimum Gasteiger partial charge on any atom is -0.461 e. The number of likely N-dealkylation sites (tertiary alicyclic amines) is 1. The maximum Gasteiger partial charge on any atom is 0.245 e. The van der Waals surface area contributed by atoms with Crippen LogP contribution in [0, 0.1) is 17.8 Å². The molecule has 2 aliphatic rings. The largest absolute Gasteiger partial charge is 0.461 e. The highest BCUT2D eigenvalue weighted by Crippen LogP contribution is 2.37. The molecule has 3 amide bonds. The molecular formula is C26H32N2O4. The molecule has 1 aliphatic carbocycles. The lowest BCUT2D eigenvalue weighted by Gasteiger charge is -2.31. The summed E-state index contributed by atoms with van der Waals surface area (Å²) < 4.78 is 5.99. The quantitative estimate of drug-likeness (QED) is 0.479. The second kappa shape index (κ2) is 8.93. The van der Waals surface area contributed by atoms with Gasteiger partial charge in [0.2, 0.25) is 17.7 Å². The Morgan fingerprint density at radius 1 is 1.12 bits per heavy atom. The summed E-state index contributed by atoms with van der Waals surface area (Å²) in [4.78, 5) is 42.9. The van der Waals surface area contributed by atoms with Crippen LogP contribution in [0.25, 0.3) is 11.0 Å². The summed E-state index contributed by atoms with van der Waals surface area (Å²) in [5.41, 5.74) is 1.79. The van der Waals surface area contributed by atoms with Crippen LogP contribution < -0.4 is 0 Å². The number of aryl methyl sites for hydroxylation is 1. The normalized spacial score (nSPS) is 21.5. The predicted octanol–water partition coefficient (Wildman–Crippen LogP) is 4.32. The maximum atomic E-state index is 13.7. The van der Waals surface area contributed by atoms with Crippen molar-refractivity contribution in [3.63, 3.8) is 0 Å². The number of amides is 3. The summed E-state index contributed by atoms with van der Waals surface area (Å²) in [6, 6.07) is 7.05. The van der Waals surface area contributed by atoms with Gasteiger partial charge in [0.1, 0.15) is 17.4 Å². The zero-order valence-corrected chi connectivity index (χ0v) is 19.3. The van der Waals surface area contributed by atoms with E-state index in [1.165, 1.54) is 4.90 Å². The molecule has 2 aromatic rings. The van der Waals surface area contributed by atoms with E-state index in [2.05, 4.69) is 0 Å². The van der Waals surface area contributed by atoms with E-state index < -0.39 is 6.04 Å². The van der Waals surface area contributed by atoms with Gasteiger partial charge in [-0.05, 0) is 31.2 Å². The lowest BCUT2D eigenvalue weighted by molar-refractivity contribution is -0.152. The van der Waals surface area contributed by atoms with Gasteiger partial charge in [-0.25, -0.2) is 0 Å². The molecule has 1 fully saturated rings. The second-order valence-electron chi connectivity index (χ2n) is 9.40. The van der Waals surface area contributed by atoms with E-state index in [4.69, 9.17) is 4.42 Å². The van der Waals surface area contributed by atoms with Crippen molar-refractivity contribution in [3.05, 3.63) is 47.7 Å². The topological polar surface area (TPSA) is 70.8 Å². The third kappa shape index (κ3) is 3.87. The SMILES string of the molecule is CCc1oc2ccccc2c1CN(C)C(=O)C(CC(C)C)N1C(=O)C2CC=CCC2C1=O. The molecular weight excluding hydrogens is 404 g/mol. The molecule has 1 aromatic heterocycles. The molecule has 0 spiro atoms. The zero-order valence-electron chi connectivity index (χ0n) is 19.3. The summed E-state index contributed by atoms with van der Waals surface area (Å²) >= 11 is 0. The molecule has 1 aromatic carbocycles. The predicted molar refractivity (Wildman–Crippen MR) is 123 cm³/mol. The Balaban J connectivity index is 1.61. The number of allylic oxidation sites excluding steroid dienone is 2. The average Bonchev–Trinajstić information content (AvgIpc) is 3.26. The van der Waals surface area contributed by atoms with Gasteiger partial charge < -0.3 is 9.32 Å². The number of hydrogen-bond donors (Lipinski definition) is 0. The van der Waals surface area contributed by atoms with Crippen LogP contribution in [-0.4, -0.2) is 40.6 Å². The molecule has 4 rings (SSSR count). The van der Waals surface area contributed by atoms with Crippen molar-refractivity contribution in [3.8, 4) is 0 Å². The van der Waals surface area contributed by atoms with Crippen molar-refractivity contribution in [2.45, 2.75) is 59.0 Å². The molecule has 32 heavy (non-hydrogen) atoms. The lowest BCUT2D eigenvalue weighted by Crippen LogP contribution is -2.51. The summed E-state index contributed by atoms with van der Waals surface area (Å²) in [6.07, 6.45) is 6.27. The molecule has 3 atom stereocenters. The number of carbonyl (C=O) groups is 3.